The van der Waals surface area contributed by atoms with Gasteiger partial charge in [-0.3, -0.25) is 9.59 Å². The Morgan fingerprint density at radius 3 is 2.31 bits per heavy atom. The Morgan fingerprint density at radius 2 is 1.77 bits per heavy atom. The SMILES string of the molecule is O=C(CS)CC(=O)c1ccccc1. The summed E-state index contributed by atoms with van der Waals surface area (Å²) in [5.41, 5.74) is 0.581. The summed E-state index contributed by atoms with van der Waals surface area (Å²) in [5.74, 6) is -0.157. The van der Waals surface area contributed by atoms with Crippen molar-refractivity contribution in [2.45, 2.75) is 6.42 Å². The van der Waals surface area contributed by atoms with Gasteiger partial charge in [-0.2, -0.15) is 12.6 Å². The summed E-state index contributed by atoms with van der Waals surface area (Å²) < 4.78 is 0. The summed E-state index contributed by atoms with van der Waals surface area (Å²) in [6.07, 6.45) is -0.0481. The van der Waals surface area contributed by atoms with E-state index in [9.17, 15) is 9.59 Å². The van der Waals surface area contributed by atoms with Gasteiger partial charge in [-0.15, -0.1) is 0 Å². The minimum absolute atomic E-state index is 0.0481. The zero-order valence-corrected chi connectivity index (χ0v) is 7.96. The molecule has 1 aromatic carbocycles. The summed E-state index contributed by atoms with van der Waals surface area (Å²) >= 11 is 3.80. The Labute approximate surface area is 82.4 Å². The highest BCUT2D eigenvalue weighted by atomic mass is 32.1. The van der Waals surface area contributed by atoms with Gasteiger partial charge in [0.1, 0.15) is 5.78 Å². The van der Waals surface area contributed by atoms with E-state index in [1.54, 1.807) is 24.3 Å². The van der Waals surface area contributed by atoms with Crippen molar-refractivity contribution in [3.8, 4) is 0 Å². The quantitative estimate of drug-likeness (QED) is 0.450. The van der Waals surface area contributed by atoms with Crippen molar-refractivity contribution in [1.82, 2.24) is 0 Å². The minimum Gasteiger partial charge on any atom is -0.298 e. The topological polar surface area (TPSA) is 34.1 Å². The van der Waals surface area contributed by atoms with E-state index >= 15 is 0 Å². The molecule has 0 aliphatic heterocycles. The molecule has 0 N–H and O–H groups in total. The second-order valence-corrected chi connectivity index (χ2v) is 2.98. The number of carbonyl (C=O) groups is 2. The maximum atomic E-state index is 11.4. The number of Topliss-reactive ketones (excluding diaryl/α,β-unsaturated/α-hetero) is 2. The first-order valence-corrected chi connectivity index (χ1v) is 4.58. The van der Waals surface area contributed by atoms with Crippen molar-refractivity contribution in [2.75, 3.05) is 5.75 Å². The number of benzene rings is 1. The molecule has 0 aliphatic carbocycles. The molecule has 0 saturated carbocycles. The van der Waals surface area contributed by atoms with E-state index in [1.165, 1.54) is 0 Å². The molecule has 13 heavy (non-hydrogen) atoms. The number of hydrogen-bond donors (Lipinski definition) is 1. The minimum atomic E-state index is -0.141. The first-order chi connectivity index (χ1) is 6.24. The van der Waals surface area contributed by atoms with Crippen molar-refractivity contribution >= 4 is 24.2 Å². The number of ketones is 2. The van der Waals surface area contributed by atoms with Crippen LogP contribution in [-0.2, 0) is 4.79 Å². The van der Waals surface area contributed by atoms with Gasteiger partial charge in [0.2, 0.25) is 0 Å². The Balaban J connectivity index is 2.65. The fraction of sp³-hybridized carbons (Fsp3) is 0.200. The van der Waals surface area contributed by atoms with Gasteiger partial charge in [0.05, 0.1) is 6.42 Å². The van der Waals surface area contributed by atoms with Gasteiger partial charge in [-0.25, -0.2) is 0 Å². The molecule has 0 aromatic heterocycles. The van der Waals surface area contributed by atoms with Gasteiger partial charge in [0.25, 0.3) is 0 Å². The zero-order valence-electron chi connectivity index (χ0n) is 7.06. The van der Waals surface area contributed by atoms with Crippen LogP contribution in [0, 0.1) is 0 Å². The van der Waals surface area contributed by atoms with Crippen molar-refractivity contribution in [3.63, 3.8) is 0 Å². The summed E-state index contributed by atoms with van der Waals surface area (Å²) in [6, 6.07) is 8.79. The maximum absolute atomic E-state index is 11.4. The zero-order chi connectivity index (χ0) is 9.68. The molecular weight excluding hydrogens is 184 g/mol. The lowest BCUT2D eigenvalue weighted by atomic mass is 10.1. The number of carbonyl (C=O) groups excluding carboxylic acids is 2. The Bertz CT molecular complexity index is 306. The third kappa shape index (κ3) is 3.03. The van der Waals surface area contributed by atoms with E-state index in [4.69, 9.17) is 0 Å². The molecule has 0 fully saturated rings. The molecule has 0 heterocycles. The molecule has 3 heteroatoms. The van der Waals surface area contributed by atoms with Crippen molar-refractivity contribution in [2.24, 2.45) is 0 Å². The van der Waals surface area contributed by atoms with E-state index in [2.05, 4.69) is 12.6 Å². The van der Waals surface area contributed by atoms with Gasteiger partial charge in [0.15, 0.2) is 5.78 Å². The standard InChI is InChI=1S/C10H10O2S/c11-9(7-13)6-10(12)8-4-2-1-3-5-8/h1-5,13H,6-7H2. The molecule has 1 aromatic rings. The van der Waals surface area contributed by atoms with Crippen LogP contribution >= 0.6 is 12.6 Å². The molecule has 0 radical (unpaired) electrons. The smallest absolute Gasteiger partial charge is 0.170 e. The lowest BCUT2D eigenvalue weighted by molar-refractivity contribution is -0.115. The summed E-state index contributed by atoms with van der Waals surface area (Å²) in [4.78, 5) is 22.3. The van der Waals surface area contributed by atoms with Crippen LogP contribution in [0.25, 0.3) is 0 Å². The molecule has 0 amide bonds. The van der Waals surface area contributed by atoms with E-state index in [0.29, 0.717) is 5.56 Å². The first-order valence-electron chi connectivity index (χ1n) is 3.95. The molecule has 2 nitrogen and oxygen atoms in total. The molecule has 1 rings (SSSR count). The number of thiol groups is 1. The molecular formula is C10H10O2S. The molecule has 0 saturated heterocycles. The van der Waals surface area contributed by atoms with Gasteiger partial charge in [-0.05, 0) is 0 Å². The van der Waals surface area contributed by atoms with Gasteiger partial charge < -0.3 is 0 Å². The van der Waals surface area contributed by atoms with Crippen molar-refractivity contribution in [1.29, 1.82) is 0 Å². The number of rotatable bonds is 4. The van der Waals surface area contributed by atoms with E-state index in [0.717, 1.165) is 0 Å². The molecule has 0 atom stereocenters. The molecule has 0 aliphatic rings. The Hall–Kier alpha value is -1.09. The lowest BCUT2D eigenvalue weighted by Crippen LogP contribution is -2.08. The maximum Gasteiger partial charge on any atom is 0.170 e. The normalized spacial score (nSPS) is 9.62. The summed E-state index contributed by atoms with van der Waals surface area (Å²) in [7, 11) is 0. The third-order valence-electron chi connectivity index (χ3n) is 1.63. The monoisotopic (exact) mass is 194 g/mol. The molecule has 68 valence electrons. The average molecular weight is 194 g/mol. The van der Waals surface area contributed by atoms with Gasteiger partial charge in [0, 0.05) is 11.3 Å². The molecule has 0 spiro atoms. The fourth-order valence-corrected chi connectivity index (χ4v) is 1.07. The van der Waals surface area contributed by atoms with Crippen LogP contribution in [0.2, 0.25) is 0 Å². The highest BCUT2D eigenvalue weighted by Crippen LogP contribution is 2.03. The lowest BCUT2D eigenvalue weighted by Gasteiger charge is -1.97. The molecule has 0 bridgehead atoms. The van der Waals surface area contributed by atoms with Crippen molar-refractivity contribution < 1.29 is 9.59 Å². The van der Waals surface area contributed by atoms with E-state index < -0.39 is 0 Å². The van der Waals surface area contributed by atoms with Crippen LogP contribution < -0.4 is 0 Å². The van der Waals surface area contributed by atoms with E-state index in [1.807, 2.05) is 6.07 Å². The largest absolute Gasteiger partial charge is 0.298 e. The predicted molar refractivity (Wildman–Crippen MR) is 54.2 cm³/mol. The second kappa shape index (κ2) is 4.82. The summed E-state index contributed by atoms with van der Waals surface area (Å²) in [5, 5.41) is 0. The molecule has 0 unspecified atom stereocenters. The number of hydrogen-bond acceptors (Lipinski definition) is 3. The fourth-order valence-electron chi connectivity index (χ4n) is 0.961. The average Bonchev–Trinajstić information content (AvgIpc) is 2.19. The van der Waals surface area contributed by atoms with E-state index in [-0.39, 0.29) is 23.7 Å². The van der Waals surface area contributed by atoms with Crippen LogP contribution in [-0.4, -0.2) is 17.3 Å². The second-order valence-electron chi connectivity index (χ2n) is 2.66. The van der Waals surface area contributed by atoms with Crippen molar-refractivity contribution in [3.05, 3.63) is 35.9 Å². The summed E-state index contributed by atoms with van der Waals surface area (Å²) in [6.45, 7) is 0. The predicted octanol–water partition coefficient (Wildman–Crippen LogP) is 1.76. The van der Waals surface area contributed by atoms with Gasteiger partial charge in [-0.1, -0.05) is 30.3 Å². The van der Waals surface area contributed by atoms with Crippen LogP contribution in [0.15, 0.2) is 30.3 Å². The third-order valence-corrected chi connectivity index (χ3v) is 1.98. The Morgan fingerprint density at radius 1 is 1.15 bits per heavy atom. The highest BCUT2D eigenvalue weighted by Gasteiger charge is 2.09. The van der Waals surface area contributed by atoms with Crippen LogP contribution in [0.3, 0.4) is 0 Å². The van der Waals surface area contributed by atoms with Crippen LogP contribution in [0.4, 0.5) is 0 Å². The van der Waals surface area contributed by atoms with Crippen LogP contribution in [0.5, 0.6) is 0 Å². The highest BCUT2D eigenvalue weighted by molar-refractivity contribution is 7.81. The first kappa shape index (κ1) is 9.99. The Kier molecular flexibility index (Phi) is 3.71. The van der Waals surface area contributed by atoms with Gasteiger partial charge >= 0.3 is 0 Å². The van der Waals surface area contributed by atoms with Crippen LogP contribution in [0.1, 0.15) is 16.8 Å².